The van der Waals surface area contributed by atoms with E-state index in [-0.39, 0.29) is 18.4 Å². The van der Waals surface area contributed by atoms with E-state index in [1.54, 1.807) is 0 Å². The van der Waals surface area contributed by atoms with Crippen LogP contribution in [0, 0.1) is 5.41 Å². The van der Waals surface area contributed by atoms with Crippen molar-refractivity contribution in [3.63, 3.8) is 0 Å². The maximum Gasteiger partial charge on any atom is 0.312 e. The smallest absolute Gasteiger partial charge is 0.312 e. The van der Waals surface area contributed by atoms with E-state index in [0.29, 0.717) is 0 Å². The van der Waals surface area contributed by atoms with Crippen molar-refractivity contribution in [3.8, 4) is 11.1 Å². The molecule has 0 saturated carbocycles. The Morgan fingerprint density at radius 1 is 0.893 bits per heavy atom. The summed E-state index contributed by atoms with van der Waals surface area (Å²) in [6.45, 7) is 11.1. The molecular formula is C24H28O4. The third-order valence-corrected chi connectivity index (χ3v) is 4.54. The molecule has 0 heterocycles. The van der Waals surface area contributed by atoms with Gasteiger partial charge in [0.25, 0.3) is 0 Å². The molecule has 1 atom stereocenters. The molecule has 148 valence electrons. The van der Waals surface area contributed by atoms with E-state index in [1.165, 1.54) is 0 Å². The summed E-state index contributed by atoms with van der Waals surface area (Å²) in [7, 11) is 0. The van der Waals surface area contributed by atoms with Crippen molar-refractivity contribution in [2.24, 2.45) is 5.41 Å². The predicted octanol–water partition coefficient (Wildman–Crippen LogP) is 5.23. The lowest BCUT2D eigenvalue weighted by atomic mass is 9.97. The second-order valence-electron chi connectivity index (χ2n) is 9.31. The van der Waals surface area contributed by atoms with Crippen LogP contribution in [-0.2, 0) is 25.5 Å². The van der Waals surface area contributed by atoms with E-state index >= 15 is 0 Å². The molecule has 3 rings (SSSR count). The molecule has 0 saturated heterocycles. The van der Waals surface area contributed by atoms with E-state index in [0.717, 1.165) is 27.8 Å². The zero-order chi connectivity index (χ0) is 20.7. The Morgan fingerprint density at radius 3 is 2.18 bits per heavy atom. The average Bonchev–Trinajstić information content (AvgIpc) is 2.86. The fourth-order valence-electron chi connectivity index (χ4n) is 3.27. The summed E-state index contributed by atoms with van der Waals surface area (Å²) in [6, 6.07) is 13.8. The van der Waals surface area contributed by atoms with E-state index in [2.05, 4.69) is 0 Å². The Balaban J connectivity index is 1.92. The summed E-state index contributed by atoms with van der Waals surface area (Å²) in [5.41, 5.74) is 3.77. The van der Waals surface area contributed by atoms with Gasteiger partial charge in [0.15, 0.2) is 6.10 Å². The van der Waals surface area contributed by atoms with Crippen LogP contribution in [0.15, 0.2) is 42.5 Å². The third kappa shape index (κ3) is 4.27. The second kappa shape index (κ2) is 7.08. The number of ether oxygens (including phenoxy) is 2. The Hall–Kier alpha value is -2.62. The molecule has 0 fully saturated rings. The van der Waals surface area contributed by atoms with E-state index in [4.69, 9.17) is 9.47 Å². The molecule has 0 bridgehead atoms. The van der Waals surface area contributed by atoms with Crippen LogP contribution < -0.4 is 0 Å². The number of rotatable bonds is 3. The lowest BCUT2D eigenvalue weighted by Crippen LogP contribution is -2.25. The molecule has 2 aromatic carbocycles. The van der Waals surface area contributed by atoms with Crippen LogP contribution in [0.25, 0.3) is 11.1 Å². The predicted molar refractivity (Wildman–Crippen MR) is 109 cm³/mol. The lowest BCUT2D eigenvalue weighted by Gasteiger charge is -2.22. The Kier molecular flexibility index (Phi) is 5.09. The number of fused-ring (bicyclic) bond motifs is 3. The molecule has 0 aliphatic heterocycles. The summed E-state index contributed by atoms with van der Waals surface area (Å²) in [6.07, 6.45) is -0.215. The van der Waals surface area contributed by atoms with Crippen LogP contribution in [0.1, 0.15) is 64.3 Å². The Labute approximate surface area is 166 Å². The topological polar surface area (TPSA) is 52.6 Å². The monoisotopic (exact) mass is 380 g/mol. The van der Waals surface area contributed by atoms with Crippen molar-refractivity contribution in [2.45, 2.75) is 59.7 Å². The molecule has 4 heteroatoms. The van der Waals surface area contributed by atoms with Crippen molar-refractivity contribution in [3.05, 3.63) is 59.2 Å². The highest BCUT2D eigenvalue weighted by Crippen LogP contribution is 2.46. The van der Waals surface area contributed by atoms with Gasteiger partial charge in [-0.25, -0.2) is 0 Å². The highest BCUT2D eigenvalue weighted by Gasteiger charge is 2.34. The van der Waals surface area contributed by atoms with Crippen molar-refractivity contribution >= 4 is 11.9 Å². The first kappa shape index (κ1) is 20.1. The quantitative estimate of drug-likeness (QED) is 0.684. The van der Waals surface area contributed by atoms with Crippen molar-refractivity contribution in [1.82, 2.24) is 0 Å². The number of hydrogen-bond donors (Lipinski definition) is 0. The third-order valence-electron chi connectivity index (χ3n) is 4.54. The highest BCUT2D eigenvalue weighted by molar-refractivity contribution is 5.83. The van der Waals surface area contributed by atoms with Crippen LogP contribution >= 0.6 is 0 Å². The van der Waals surface area contributed by atoms with Crippen LogP contribution in [0.5, 0.6) is 0 Å². The van der Waals surface area contributed by atoms with E-state index < -0.39 is 17.1 Å². The molecule has 1 aliphatic carbocycles. The first-order chi connectivity index (χ1) is 13.0. The highest BCUT2D eigenvalue weighted by atomic mass is 16.6. The molecular weight excluding hydrogens is 352 g/mol. The standard InChI is InChI=1S/C24H28O4/c1-23(2,3)22(26)27-21-17-10-8-7-9-16(17)19-13-15(11-12-18(19)21)14-20(25)28-24(4,5)6/h7-13,21H,14H2,1-6H3. The minimum absolute atomic E-state index is 0.208. The number of esters is 2. The fraction of sp³-hybridized carbons (Fsp3) is 0.417. The normalized spacial score (nSPS) is 15.6. The van der Waals surface area contributed by atoms with Gasteiger partial charge in [0.1, 0.15) is 5.60 Å². The molecule has 0 radical (unpaired) electrons. The average molecular weight is 380 g/mol. The lowest BCUT2D eigenvalue weighted by molar-refractivity contribution is -0.157. The number of hydrogen-bond acceptors (Lipinski definition) is 4. The summed E-state index contributed by atoms with van der Waals surface area (Å²) in [5.74, 6) is -0.493. The molecule has 28 heavy (non-hydrogen) atoms. The van der Waals surface area contributed by atoms with E-state index in [1.807, 2.05) is 84.0 Å². The molecule has 4 nitrogen and oxygen atoms in total. The molecule has 0 spiro atoms. The van der Waals surface area contributed by atoms with Gasteiger partial charge in [-0.15, -0.1) is 0 Å². The van der Waals surface area contributed by atoms with Crippen LogP contribution in [0.3, 0.4) is 0 Å². The van der Waals surface area contributed by atoms with Gasteiger partial charge < -0.3 is 9.47 Å². The van der Waals surface area contributed by atoms with Crippen LogP contribution in [0.4, 0.5) is 0 Å². The van der Waals surface area contributed by atoms with Crippen molar-refractivity contribution < 1.29 is 19.1 Å². The Bertz CT molecular complexity index is 913. The molecule has 1 aliphatic rings. The van der Waals surface area contributed by atoms with Gasteiger partial charge in [-0.2, -0.15) is 0 Å². The summed E-state index contributed by atoms with van der Waals surface area (Å²) < 4.78 is 11.3. The minimum atomic E-state index is -0.575. The van der Waals surface area contributed by atoms with Gasteiger partial charge in [-0.05, 0) is 58.2 Å². The van der Waals surface area contributed by atoms with Gasteiger partial charge in [0, 0.05) is 11.1 Å². The van der Waals surface area contributed by atoms with Gasteiger partial charge in [0.05, 0.1) is 11.8 Å². The van der Waals surface area contributed by atoms with Gasteiger partial charge in [-0.3, -0.25) is 9.59 Å². The first-order valence-corrected chi connectivity index (χ1v) is 9.61. The summed E-state index contributed by atoms with van der Waals surface area (Å²) in [5, 5.41) is 0. The molecule has 0 aromatic heterocycles. The zero-order valence-electron chi connectivity index (χ0n) is 17.5. The molecule has 1 unspecified atom stereocenters. The first-order valence-electron chi connectivity index (χ1n) is 9.61. The summed E-state index contributed by atoms with van der Waals surface area (Å²) in [4.78, 5) is 24.7. The molecule has 0 N–H and O–H groups in total. The number of benzene rings is 2. The van der Waals surface area contributed by atoms with Crippen molar-refractivity contribution in [1.29, 1.82) is 0 Å². The number of carbonyl (C=O) groups is 2. The van der Waals surface area contributed by atoms with Gasteiger partial charge in [0.2, 0.25) is 0 Å². The molecule has 2 aromatic rings. The maximum atomic E-state index is 12.5. The van der Waals surface area contributed by atoms with Gasteiger partial charge >= 0.3 is 11.9 Å². The zero-order valence-corrected chi connectivity index (χ0v) is 17.5. The largest absolute Gasteiger partial charge is 0.460 e. The Morgan fingerprint density at radius 2 is 1.54 bits per heavy atom. The maximum absolute atomic E-state index is 12.5. The fourth-order valence-corrected chi connectivity index (χ4v) is 3.27. The minimum Gasteiger partial charge on any atom is -0.460 e. The van der Waals surface area contributed by atoms with Crippen LogP contribution in [-0.4, -0.2) is 17.5 Å². The summed E-state index contributed by atoms with van der Waals surface area (Å²) >= 11 is 0. The van der Waals surface area contributed by atoms with Crippen LogP contribution in [0.2, 0.25) is 0 Å². The number of carbonyl (C=O) groups excluding carboxylic acids is 2. The van der Waals surface area contributed by atoms with Gasteiger partial charge in [-0.1, -0.05) is 42.5 Å². The van der Waals surface area contributed by atoms with Crippen molar-refractivity contribution in [2.75, 3.05) is 0 Å². The SMILES string of the molecule is CC(C)(C)OC(=O)Cc1ccc2c(c1)-c1ccccc1C2OC(=O)C(C)(C)C. The van der Waals surface area contributed by atoms with E-state index in [9.17, 15) is 9.59 Å². The molecule has 0 amide bonds. The second-order valence-corrected chi connectivity index (χ2v) is 9.31.